The van der Waals surface area contributed by atoms with Crippen molar-refractivity contribution >= 4 is 11.9 Å². The Balaban J connectivity index is 3.88. The zero-order valence-corrected chi connectivity index (χ0v) is 26.8. The number of carbonyl (C=O) groups excluding carboxylic acids is 2. The first-order valence-electron chi connectivity index (χ1n) is 16.3. The second-order valence-electron chi connectivity index (χ2n) is 11.2. The zero-order chi connectivity index (χ0) is 31.1. The van der Waals surface area contributed by atoms with Crippen LogP contribution in [0.4, 0.5) is 0 Å². The van der Waals surface area contributed by atoms with Gasteiger partial charge in [-0.2, -0.15) is 0 Å². The second-order valence-corrected chi connectivity index (χ2v) is 11.2. The molecule has 0 spiro atoms. The van der Waals surface area contributed by atoms with Gasteiger partial charge in [0.05, 0.1) is 12.7 Å². The number of allylic oxidation sites excluding steroid dienone is 9. The van der Waals surface area contributed by atoms with Gasteiger partial charge in [-0.3, -0.25) is 9.59 Å². The molecule has 0 aromatic rings. The van der Waals surface area contributed by atoms with Crippen molar-refractivity contribution in [3.63, 3.8) is 0 Å². The third-order valence-corrected chi connectivity index (χ3v) is 6.61. The molecule has 1 unspecified atom stereocenters. The molecule has 0 fully saturated rings. The molecule has 0 heterocycles. The van der Waals surface area contributed by atoms with E-state index in [1.165, 1.54) is 32.1 Å². The fraction of sp³-hybridized carbons (Fsp3) is 0.667. The third kappa shape index (κ3) is 29.1. The predicted molar refractivity (Wildman–Crippen MR) is 174 cm³/mol. The lowest BCUT2D eigenvalue weighted by atomic mass is 10.0. The lowest BCUT2D eigenvalue weighted by Gasteiger charge is -2.16. The van der Waals surface area contributed by atoms with Gasteiger partial charge in [0.25, 0.3) is 0 Å². The van der Waals surface area contributed by atoms with E-state index in [0.29, 0.717) is 19.3 Å². The lowest BCUT2D eigenvalue weighted by molar-refractivity contribution is -0.161. The van der Waals surface area contributed by atoms with Gasteiger partial charge < -0.3 is 19.7 Å². The van der Waals surface area contributed by atoms with Gasteiger partial charge in [0, 0.05) is 12.8 Å². The van der Waals surface area contributed by atoms with E-state index in [9.17, 15) is 19.8 Å². The number of carbonyl (C=O) groups is 2. The molecular formula is C36H60O6. The summed E-state index contributed by atoms with van der Waals surface area (Å²) in [5.74, 6) is -0.0300. The molecule has 2 atom stereocenters. The van der Waals surface area contributed by atoms with Gasteiger partial charge in [0.1, 0.15) is 6.61 Å². The molecule has 0 rings (SSSR count). The van der Waals surface area contributed by atoms with E-state index in [0.717, 1.165) is 50.9 Å². The number of unbranched alkanes of at least 4 members (excludes halogenated alkanes) is 6. The van der Waals surface area contributed by atoms with Crippen LogP contribution in [-0.2, 0) is 19.1 Å². The molecule has 2 N–H and O–H groups in total. The average Bonchev–Trinajstić information content (AvgIpc) is 2.96. The van der Waals surface area contributed by atoms with E-state index in [1.807, 2.05) is 18.2 Å². The summed E-state index contributed by atoms with van der Waals surface area (Å²) in [5, 5.41) is 19.6. The molecule has 0 saturated carbocycles. The molecule has 42 heavy (non-hydrogen) atoms. The first-order valence-corrected chi connectivity index (χ1v) is 16.3. The number of aliphatic hydroxyl groups excluding tert-OH is 2. The van der Waals surface area contributed by atoms with Crippen molar-refractivity contribution in [1.29, 1.82) is 0 Å². The Bertz CT molecular complexity index is 793. The minimum Gasteiger partial charge on any atom is -0.462 e. The fourth-order valence-corrected chi connectivity index (χ4v) is 4.12. The van der Waals surface area contributed by atoms with Crippen molar-refractivity contribution in [2.75, 3.05) is 13.2 Å². The highest BCUT2D eigenvalue weighted by Crippen LogP contribution is 2.13. The van der Waals surface area contributed by atoms with Crippen molar-refractivity contribution in [3.8, 4) is 0 Å². The van der Waals surface area contributed by atoms with E-state index in [1.54, 1.807) is 6.08 Å². The minimum absolute atomic E-state index is 0.122. The minimum atomic E-state index is -0.865. The van der Waals surface area contributed by atoms with E-state index >= 15 is 0 Å². The smallest absolute Gasteiger partial charge is 0.306 e. The van der Waals surface area contributed by atoms with Crippen LogP contribution in [0.15, 0.2) is 60.8 Å². The molecule has 0 amide bonds. The van der Waals surface area contributed by atoms with Crippen LogP contribution in [0.3, 0.4) is 0 Å². The molecule has 6 nitrogen and oxygen atoms in total. The highest BCUT2D eigenvalue weighted by Gasteiger charge is 2.16. The van der Waals surface area contributed by atoms with Gasteiger partial charge in [-0.1, -0.05) is 126 Å². The number of ether oxygens (including phenoxy) is 2. The van der Waals surface area contributed by atoms with Crippen LogP contribution in [-0.4, -0.2) is 47.6 Å². The average molecular weight is 589 g/mol. The van der Waals surface area contributed by atoms with Gasteiger partial charge in [-0.25, -0.2) is 0 Å². The molecule has 0 aliphatic carbocycles. The summed E-state index contributed by atoms with van der Waals surface area (Å²) in [6.45, 7) is 6.10. The highest BCUT2D eigenvalue weighted by molar-refractivity contribution is 5.70. The Hall–Kier alpha value is -2.44. The molecule has 0 aromatic carbocycles. The lowest BCUT2D eigenvalue weighted by Crippen LogP contribution is -2.28. The Kier molecular flexibility index (Phi) is 28.3. The molecule has 0 saturated heterocycles. The van der Waals surface area contributed by atoms with Gasteiger partial charge in [0.15, 0.2) is 6.10 Å². The van der Waals surface area contributed by atoms with Crippen LogP contribution in [0.25, 0.3) is 0 Å². The van der Waals surface area contributed by atoms with Crippen LogP contribution in [0.5, 0.6) is 0 Å². The monoisotopic (exact) mass is 588 g/mol. The molecule has 0 radical (unpaired) electrons. The first-order chi connectivity index (χ1) is 20.4. The number of rotatable bonds is 27. The van der Waals surface area contributed by atoms with Crippen LogP contribution >= 0.6 is 0 Å². The Morgan fingerprint density at radius 1 is 0.690 bits per heavy atom. The van der Waals surface area contributed by atoms with Crippen molar-refractivity contribution in [2.24, 2.45) is 5.92 Å². The number of esters is 2. The largest absolute Gasteiger partial charge is 0.462 e. The van der Waals surface area contributed by atoms with Crippen LogP contribution in [0.1, 0.15) is 124 Å². The normalized spacial score (nSPS) is 13.9. The van der Waals surface area contributed by atoms with Crippen molar-refractivity contribution < 1.29 is 29.3 Å². The summed E-state index contributed by atoms with van der Waals surface area (Å²) in [4.78, 5) is 24.1. The SMILES string of the molecule is CC/C=C\C/C=C\C/C=C\C/C=C\C=C\C(O)CCCC(=O)O[C@@H](CO)COC(=O)CCCCCCCCCC(C)C. The van der Waals surface area contributed by atoms with E-state index < -0.39 is 24.8 Å². The summed E-state index contributed by atoms with van der Waals surface area (Å²) >= 11 is 0. The standard InChI is InChI=1S/C36H60O6/c1-4-5-6-7-8-9-10-11-12-13-16-19-22-26-33(38)27-24-29-36(40)42-34(30-37)31-41-35(39)28-23-20-17-14-15-18-21-25-32(2)3/h5-6,8-9,11-12,16,19,22,26,32-34,37-38H,4,7,10,13-15,17-18,20-21,23-25,27-31H2,1-3H3/b6-5-,9-8-,12-11-,19-16-,26-22+/t33?,34-/m0/s1. The predicted octanol–water partition coefficient (Wildman–Crippen LogP) is 8.49. The maximum Gasteiger partial charge on any atom is 0.306 e. The van der Waals surface area contributed by atoms with Crippen LogP contribution < -0.4 is 0 Å². The van der Waals surface area contributed by atoms with Gasteiger partial charge in [-0.15, -0.1) is 0 Å². The Morgan fingerprint density at radius 3 is 1.88 bits per heavy atom. The summed E-state index contributed by atoms with van der Waals surface area (Å²) < 4.78 is 10.4. The van der Waals surface area contributed by atoms with Crippen LogP contribution in [0.2, 0.25) is 0 Å². The quantitative estimate of drug-likeness (QED) is 0.0433. The molecule has 6 heteroatoms. The maximum atomic E-state index is 12.1. The molecule has 0 aliphatic rings. The number of hydrogen-bond acceptors (Lipinski definition) is 6. The maximum absolute atomic E-state index is 12.1. The van der Waals surface area contributed by atoms with E-state index in [2.05, 4.69) is 57.2 Å². The van der Waals surface area contributed by atoms with Crippen molar-refractivity contribution in [1.82, 2.24) is 0 Å². The molecular weight excluding hydrogens is 528 g/mol. The van der Waals surface area contributed by atoms with Crippen LogP contribution in [0, 0.1) is 5.92 Å². The topological polar surface area (TPSA) is 93.1 Å². The molecule has 0 bridgehead atoms. The van der Waals surface area contributed by atoms with Crippen molar-refractivity contribution in [3.05, 3.63) is 60.8 Å². The van der Waals surface area contributed by atoms with Gasteiger partial charge in [0.2, 0.25) is 0 Å². The second kappa shape index (κ2) is 30.0. The van der Waals surface area contributed by atoms with Gasteiger partial charge in [-0.05, 0) is 50.9 Å². The Morgan fingerprint density at radius 2 is 1.26 bits per heavy atom. The Labute approximate surface area is 256 Å². The number of hydrogen-bond donors (Lipinski definition) is 2. The first kappa shape index (κ1) is 39.6. The third-order valence-electron chi connectivity index (χ3n) is 6.61. The summed E-state index contributed by atoms with van der Waals surface area (Å²) in [6, 6.07) is 0. The number of aliphatic hydroxyl groups is 2. The molecule has 0 aliphatic heterocycles. The van der Waals surface area contributed by atoms with Gasteiger partial charge >= 0.3 is 11.9 Å². The summed E-state index contributed by atoms with van der Waals surface area (Å²) in [6.07, 6.45) is 33.2. The summed E-state index contributed by atoms with van der Waals surface area (Å²) in [7, 11) is 0. The van der Waals surface area contributed by atoms with E-state index in [4.69, 9.17) is 9.47 Å². The molecule has 240 valence electrons. The zero-order valence-electron chi connectivity index (χ0n) is 26.8. The molecule has 0 aromatic heterocycles. The van der Waals surface area contributed by atoms with Crippen molar-refractivity contribution in [2.45, 2.75) is 136 Å². The van der Waals surface area contributed by atoms with E-state index in [-0.39, 0.29) is 19.0 Å². The summed E-state index contributed by atoms with van der Waals surface area (Å²) in [5.41, 5.74) is 0. The highest BCUT2D eigenvalue weighted by atomic mass is 16.6. The fourth-order valence-electron chi connectivity index (χ4n) is 4.12.